The van der Waals surface area contributed by atoms with Gasteiger partial charge in [0.2, 0.25) is 0 Å². The molecule has 1 aliphatic carbocycles. The van der Waals surface area contributed by atoms with E-state index in [1.807, 2.05) is 0 Å². The molecule has 0 saturated heterocycles. The summed E-state index contributed by atoms with van der Waals surface area (Å²) in [6.45, 7) is 11.7. The van der Waals surface area contributed by atoms with E-state index in [1.165, 1.54) is 0 Å². The number of hydrogen-bond acceptors (Lipinski definition) is 3. The molecule has 0 atom stereocenters. The SMILES string of the molecule is CC(C)(C)[Si](C)(C)OCC1(N)CC(O)C1. The van der Waals surface area contributed by atoms with Crippen molar-refractivity contribution in [3.8, 4) is 0 Å². The monoisotopic (exact) mass is 231 g/mol. The molecule has 3 N–H and O–H groups in total. The minimum atomic E-state index is -1.68. The van der Waals surface area contributed by atoms with Crippen molar-refractivity contribution < 1.29 is 9.53 Å². The first-order chi connectivity index (χ1) is 6.56. The van der Waals surface area contributed by atoms with Crippen molar-refractivity contribution in [2.24, 2.45) is 5.73 Å². The van der Waals surface area contributed by atoms with Crippen molar-refractivity contribution in [1.82, 2.24) is 0 Å². The molecular weight excluding hydrogens is 206 g/mol. The summed E-state index contributed by atoms with van der Waals surface area (Å²) in [6.07, 6.45) is 1.15. The summed E-state index contributed by atoms with van der Waals surface area (Å²) in [4.78, 5) is 0. The summed E-state index contributed by atoms with van der Waals surface area (Å²) in [5.41, 5.74) is 5.81. The first kappa shape index (κ1) is 13.2. The Bertz CT molecular complexity index is 229. The van der Waals surface area contributed by atoms with Crippen LogP contribution in [0.4, 0.5) is 0 Å². The Labute approximate surface area is 94.1 Å². The van der Waals surface area contributed by atoms with Gasteiger partial charge in [-0.15, -0.1) is 0 Å². The number of aliphatic hydroxyl groups is 1. The maximum Gasteiger partial charge on any atom is 0.192 e. The fourth-order valence-electron chi connectivity index (χ4n) is 1.54. The topological polar surface area (TPSA) is 55.5 Å². The molecule has 1 fully saturated rings. The smallest absolute Gasteiger partial charge is 0.192 e. The molecule has 0 unspecified atom stereocenters. The summed E-state index contributed by atoms with van der Waals surface area (Å²) < 4.78 is 6.05. The van der Waals surface area contributed by atoms with Crippen molar-refractivity contribution >= 4 is 8.32 Å². The Hall–Kier alpha value is 0.0969. The van der Waals surface area contributed by atoms with E-state index in [4.69, 9.17) is 10.2 Å². The Morgan fingerprint density at radius 1 is 1.40 bits per heavy atom. The van der Waals surface area contributed by atoms with Gasteiger partial charge in [0.1, 0.15) is 0 Å². The molecule has 0 heterocycles. The van der Waals surface area contributed by atoms with Gasteiger partial charge in [-0.1, -0.05) is 20.8 Å². The number of nitrogens with two attached hydrogens (primary N) is 1. The van der Waals surface area contributed by atoms with Gasteiger partial charge < -0.3 is 15.3 Å². The third-order valence-electron chi connectivity index (χ3n) is 3.81. The summed E-state index contributed by atoms with van der Waals surface area (Å²) in [6, 6.07) is 0. The van der Waals surface area contributed by atoms with Crippen LogP contribution in [0.1, 0.15) is 33.6 Å². The highest BCUT2D eigenvalue weighted by Gasteiger charge is 2.44. The second kappa shape index (κ2) is 3.84. The van der Waals surface area contributed by atoms with Crippen molar-refractivity contribution in [3.05, 3.63) is 0 Å². The average molecular weight is 231 g/mol. The van der Waals surface area contributed by atoms with E-state index in [0.29, 0.717) is 19.4 Å². The lowest BCUT2D eigenvalue weighted by Crippen LogP contribution is -2.59. The Balaban J connectivity index is 2.43. The van der Waals surface area contributed by atoms with E-state index >= 15 is 0 Å². The van der Waals surface area contributed by atoms with E-state index < -0.39 is 8.32 Å². The molecule has 1 rings (SSSR count). The van der Waals surface area contributed by atoms with Gasteiger partial charge in [-0.05, 0) is 31.0 Å². The van der Waals surface area contributed by atoms with E-state index in [-0.39, 0.29) is 16.7 Å². The van der Waals surface area contributed by atoms with Gasteiger partial charge in [-0.3, -0.25) is 0 Å². The Morgan fingerprint density at radius 2 is 1.87 bits per heavy atom. The van der Waals surface area contributed by atoms with Gasteiger partial charge >= 0.3 is 0 Å². The summed E-state index contributed by atoms with van der Waals surface area (Å²) in [7, 11) is -1.68. The normalized spacial score (nSPS) is 32.6. The van der Waals surface area contributed by atoms with Crippen molar-refractivity contribution in [3.63, 3.8) is 0 Å². The number of rotatable bonds is 3. The second-order valence-electron chi connectivity index (χ2n) is 6.47. The fourth-order valence-corrected chi connectivity index (χ4v) is 2.62. The largest absolute Gasteiger partial charge is 0.415 e. The lowest BCUT2D eigenvalue weighted by molar-refractivity contribution is -0.00340. The third-order valence-corrected chi connectivity index (χ3v) is 8.29. The third kappa shape index (κ3) is 3.03. The predicted octanol–water partition coefficient (Wildman–Crippen LogP) is 1.86. The highest BCUT2D eigenvalue weighted by atomic mass is 28.4. The van der Waals surface area contributed by atoms with E-state index in [9.17, 15) is 5.11 Å². The lowest BCUT2D eigenvalue weighted by Gasteiger charge is -2.45. The van der Waals surface area contributed by atoms with Crippen LogP contribution in [0.25, 0.3) is 0 Å². The molecule has 90 valence electrons. The average Bonchev–Trinajstić information content (AvgIpc) is 1.96. The van der Waals surface area contributed by atoms with Gasteiger partial charge in [0.15, 0.2) is 8.32 Å². The van der Waals surface area contributed by atoms with Gasteiger partial charge in [0.25, 0.3) is 0 Å². The van der Waals surface area contributed by atoms with Crippen LogP contribution in [0, 0.1) is 0 Å². The predicted molar refractivity (Wildman–Crippen MR) is 65.3 cm³/mol. The summed E-state index contributed by atoms with van der Waals surface area (Å²) in [5, 5.41) is 9.48. The standard InChI is InChI=1S/C11H25NO2Si/c1-10(2,3)15(4,5)14-8-11(12)6-9(13)7-11/h9,13H,6-8,12H2,1-5H3. The van der Waals surface area contributed by atoms with E-state index in [1.54, 1.807) is 0 Å². The molecule has 3 nitrogen and oxygen atoms in total. The van der Waals surface area contributed by atoms with Gasteiger partial charge in [-0.2, -0.15) is 0 Å². The van der Waals surface area contributed by atoms with Crippen molar-refractivity contribution in [2.45, 2.75) is 63.4 Å². The van der Waals surface area contributed by atoms with Crippen LogP contribution in [-0.2, 0) is 4.43 Å². The molecule has 1 aliphatic rings. The molecule has 0 spiro atoms. The van der Waals surface area contributed by atoms with Crippen LogP contribution in [0.3, 0.4) is 0 Å². The summed E-state index contributed by atoms with van der Waals surface area (Å²) >= 11 is 0. The highest BCUT2D eigenvalue weighted by molar-refractivity contribution is 6.74. The van der Waals surface area contributed by atoms with Crippen molar-refractivity contribution in [2.75, 3.05) is 6.61 Å². The van der Waals surface area contributed by atoms with E-state index in [0.717, 1.165) is 0 Å². The van der Waals surface area contributed by atoms with E-state index in [2.05, 4.69) is 33.9 Å². The Kier molecular flexibility index (Phi) is 3.37. The number of hydrogen-bond donors (Lipinski definition) is 2. The number of aliphatic hydroxyl groups excluding tert-OH is 1. The van der Waals surface area contributed by atoms with Crippen LogP contribution >= 0.6 is 0 Å². The molecule has 15 heavy (non-hydrogen) atoms. The minimum absolute atomic E-state index is 0.210. The zero-order valence-electron chi connectivity index (χ0n) is 10.6. The first-order valence-corrected chi connectivity index (χ1v) is 8.58. The molecule has 0 aromatic rings. The highest BCUT2D eigenvalue weighted by Crippen LogP contribution is 2.38. The van der Waals surface area contributed by atoms with Crippen LogP contribution in [0.5, 0.6) is 0 Å². The van der Waals surface area contributed by atoms with Gasteiger partial charge in [0.05, 0.1) is 12.7 Å². The molecule has 0 aromatic heterocycles. The van der Waals surface area contributed by atoms with Gasteiger partial charge in [0, 0.05) is 5.54 Å². The maximum absolute atomic E-state index is 9.25. The van der Waals surface area contributed by atoms with Crippen LogP contribution in [-0.4, -0.2) is 31.7 Å². The van der Waals surface area contributed by atoms with Crippen molar-refractivity contribution in [1.29, 1.82) is 0 Å². The Morgan fingerprint density at radius 3 is 2.20 bits per heavy atom. The van der Waals surface area contributed by atoms with Gasteiger partial charge in [-0.25, -0.2) is 0 Å². The zero-order valence-corrected chi connectivity index (χ0v) is 11.6. The molecule has 0 radical (unpaired) electrons. The van der Waals surface area contributed by atoms with Crippen LogP contribution in [0.2, 0.25) is 18.1 Å². The van der Waals surface area contributed by atoms with Crippen LogP contribution < -0.4 is 5.73 Å². The molecule has 0 aliphatic heterocycles. The molecule has 0 amide bonds. The molecule has 4 heteroatoms. The quantitative estimate of drug-likeness (QED) is 0.729. The summed E-state index contributed by atoms with van der Waals surface area (Å²) in [5.74, 6) is 0. The minimum Gasteiger partial charge on any atom is -0.415 e. The van der Waals surface area contributed by atoms with Crippen LogP contribution in [0.15, 0.2) is 0 Å². The molecule has 1 saturated carbocycles. The molecular formula is C11H25NO2Si. The lowest BCUT2D eigenvalue weighted by atomic mass is 9.76. The maximum atomic E-state index is 9.25. The fraction of sp³-hybridized carbons (Fsp3) is 1.00. The molecule has 0 bridgehead atoms. The zero-order chi connectivity index (χ0) is 11.9. The molecule has 0 aromatic carbocycles. The second-order valence-corrected chi connectivity index (χ2v) is 11.3. The first-order valence-electron chi connectivity index (χ1n) is 5.67.